The van der Waals surface area contributed by atoms with Crippen LogP contribution in [0.15, 0.2) is 0 Å². The van der Waals surface area contributed by atoms with Gasteiger partial charge in [-0.25, -0.2) is 0 Å². The highest BCUT2D eigenvalue weighted by Crippen LogP contribution is 1.98. The number of aliphatic hydroxyl groups is 1. The van der Waals surface area contributed by atoms with Crippen LogP contribution in [0.4, 0.5) is 41.3 Å². The zero-order valence-corrected chi connectivity index (χ0v) is 8.23. The third kappa shape index (κ3) is 72.1. The molecule has 0 saturated carbocycles. The van der Waals surface area contributed by atoms with Crippen molar-refractivity contribution in [1.82, 2.24) is 0 Å². The van der Waals surface area contributed by atoms with Gasteiger partial charge >= 0.3 is 5.97 Å². The second-order valence-electron chi connectivity index (χ2n) is 1.75. The van der Waals surface area contributed by atoms with Gasteiger partial charge in [0.15, 0.2) is 0 Å². The molecular formula is C5H11F9O3. The van der Waals surface area contributed by atoms with Gasteiger partial charge in [-0.05, 0) is 6.42 Å². The number of carboxylic acid groups (broad SMARTS) is 1. The van der Waals surface area contributed by atoms with Crippen LogP contribution in [0.3, 0.4) is 0 Å². The largest absolute Gasteiger partial charge is 0.481 e. The monoisotopic (exact) mass is 290 g/mol. The summed E-state index contributed by atoms with van der Waals surface area (Å²) in [6.07, 6.45) is 0.343. The van der Waals surface area contributed by atoms with E-state index < -0.39 is 11.9 Å². The van der Waals surface area contributed by atoms with Gasteiger partial charge in [0, 0.05) is 43.2 Å². The number of hydrogen-bond acceptors (Lipinski definition) is 2. The Labute approximate surface area is 89.5 Å². The van der Waals surface area contributed by atoms with Gasteiger partial charge in [0.2, 0.25) is 0 Å². The lowest BCUT2D eigenvalue weighted by atomic mass is 10.1. The quantitative estimate of drug-likeness (QED) is 0.781. The van der Waals surface area contributed by atoms with Crippen molar-refractivity contribution in [2.75, 3.05) is 6.61 Å². The van der Waals surface area contributed by atoms with E-state index in [4.69, 9.17) is 46.8 Å². The van der Waals surface area contributed by atoms with Crippen molar-refractivity contribution in [2.24, 2.45) is 5.92 Å². The zero-order chi connectivity index (χ0) is 14.6. The van der Waals surface area contributed by atoms with Crippen molar-refractivity contribution in [3.05, 3.63) is 0 Å². The molecule has 17 heavy (non-hydrogen) atoms. The second kappa shape index (κ2) is 61.0. The fraction of sp³-hybridized carbons (Fsp3) is 0.800. The normalized spacial score (nSPS) is 7.65. The molecule has 0 bridgehead atoms. The number of aliphatic carboxylic acids is 1. The first kappa shape index (κ1) is 36.0. The van der Waals surface area contributed by atoms with Crippen LogP contribution >= 0.6 is 0 Å². The van der Waals surface area contributed by atoms with Gasteiger partial charge < -0.3 is 10.2 Å². The third-order valence-corrected chi connectivity index (χ3v) is 0.984. The van der Waals surface area contributed by atoms with E-state index in [0.717, 1.165) is 0 Å². The molecule has 0 unspecified atom stereocenters. The molecule has 0 spiro atoms. The summed E-state index contributed by atoms with van der Waals surface area (Å²) in [7, 11) is 0. The Morgan fingerprint density at radius 1 is 1.00 bits per heavy atom. The summed E-state index contributed by atoms with van der Waals surface area (Å²) in [5.41, 5.74) is 0. The van der Waals surface area contributed by atoms with E-state index in [1.807, 2.05) is 0 Å². The van der Waals surface area contributed by atoms with Crippen LogP contribution in [-0.4, -0.2) is 22.8 Å². The van der Waals surface area contributed by atoms with Gasteiger partial charge in [-0.15, -0.1) is 0 Å². The predicted octanol–water partition coefficient (Wildman–Crippen LogP) is 3.60. The van der Waals surface area contributed by atoms with Crippen molar-refractivity contribution < 1.29 is 56.3 Å². The molecule has 0 radical (unpaired) electrons. The molecule has 0 aromatic carbocycles. The molecule has 1 atom stereocenters. The Balaban J connectivity index is -0.0000000287. The van der Waals surface area contributed by atoms with Crippen molar-refractivity contribution in [2.45, 2.75) is 13.3 Å². The van der Waals surface area contributed by atoms with E-state index in [0.29, 0.717) is 6.42 Å². The van der Waals surface area contributed by atoms with Gasteiger partial charge in [0.25, 0.3) is 0 Å². The van der Waals surface area contributed by atoms with Crippen molar-refractivity contribution in [3.63, 3.8) is 0 Å². The lowest BCUT2D eigenvalue weighted by Gasteiger charge is -1.99. The molecule has 0 fully saturated rings. The van der Waals surface area contributed by atoms with Crippen LogP contribution in [0.2, 0.25) is 0 Å². The Morgan fingerprint density at radius 3 is 1.29 bits per heavy atom. The third-order valence-electron chi connectivity index (χ3n) is 0.984. The highest BCUT2D eigenvalue weighted by Gasteiger charge is 2.07. The van der Waals surface area contributed by atoms with Crippen molar-refractivity contribution in [3.8, 4) is 0 Å². The molecule has 0 aliphatic carbocycles. The maximum Gasteiger partial charge on any atom is 0.306 e. The van der Waals surface area contributed by atoms with E-state index in [1.165, 1.54) is 0 Å². The van der Waals surface area contributed by atoms with Crippen LogP contribution in [-0.2, 0) is 4.79 Å². The molecule has 3 nitrogen and oxygen atoms in total. The van der Waals surface area contributed by atoms with Gasteiger partial charge in [-0.1, -0.05) is 6.92 Å². The number of halogens is 9. The van der Waals surface area contributed by atoms with Crippen LogP contribution < -0.4 is 0 Å². The lowest BCUT2D eigenvalue weighted by molar-refractivity contribution is -0.141. The molecule has 12 heteroatoms. The smallest absolute Gasteiger partial charge is 0.306 e. The Bertz CT molecular complexity index is 96.7. The Hall–Kier alpha value is -1.20. The second-order valence-corrected chi connectivity index (χ2v) is 1.75. The summed E-state index contributed by atoms with van der Waals surface area (Å²) in [5.74, 6) is -1.26. The molecule has 0 rings (SSSR count). The SMILES string of the molecule is C[C@@H](CCO)C(=O)O.F.FF.FF.FF.FF. The van der Waals surface area contributed by atoms with E-state index in [-0.39, 0.29) is 11.3 Å². The van der Waals surface area contributed by atoms with Gasteiger partial charge in [0.05, 0.1) is 5.92 Å². The van der Waals surface area contributed by atoms with Gasteiger partial charge in [-0.3, -0.25) is 9.50 Å². The van der Waals surface area contributed by atoms with Crippen molar-refractivity contribution in [1.29, 1.82) is 0 Å². The summed E-state index contributed by atoms with van der Waals surface area (Å²) in [4.78, 5) is 9.98. The minimum atomic E-state index is -0.848. The summed E-state index contributed by atoms with van der Waals surface area (Å²) in [6, 6.07) is 0. The average molecular weight is 290 g/mol. The number of carbonyl (C=O) groups is 1. The lowest BCUT2D eigenvalue weighted by Crippen LogP contribution is -2.10. The van der Waals surface area contributed by atoms with Crippen molar-refractivity contribution >= 4 is 5.97 Å². The zero-order valence-electron chi connectivity index (χ0n) is 8.23. The fourth-order valence-corrected chi connectivity index (χ4v) is 0.317. The molecule has 0 aromatic rings. The number of rotatable bonds is 3. The molecule has 0 saturated heterocycles. The average Bonchev–Trinajstić information content (AvgIpc) is 2.39. The summed E-state index contributed by atoms with van der Waals surface area (Å²) in [6.45, 7) is 1.52. The molecule has 0 aromatic heterocycles. The van der Waals surface area contributed by atoms with E-state index in [9.17, 15) is 4.79 Å². The van der Waals surface area contributed by atoms with Crippen LogP contribution in [0, 0.1) is 5.92 Å². The Morgan fingerprint density at radius 2 is 1.24 bits per heavy atom. The van der Waals surface area contributed by atoms with Crippen LogP contribution in [0.1, 0.15) is 13.3 Å². The molecule has 0 aliphatic heterocycles. The summed E-state index contributed by atoms with van der Waals surface area (Å²) >= 11 is 0. The first-order chi connectivity index (χ1) is 7.68. The summed E-state index contributed by atoms with van der Waals surface area (Å²) in [5, 5.41) is 16.4. The molecule has 0 amide bonds. The molecule has 0 aliphatic rings. The fourth-order valence-electron chi connectivity index (χ4n) is 0.317. The molecule has 2 N–H and O–H groups in total. The Kier molecular flexibility index (Phi) is 129. The number of hydrogen-bond donors (Lipinski definition) is 2. The number of carboxylic acids is 1. The standard InChI is InChI=1S/C5H10O3.4F2.FH/c1-4(2-3-6)5(7)8;4*1-2;/h4,6H,2-3H2,1H3,(H,7,8);;;;;1H/t4-;;;;;/m0...../s1. The highest BCUT2D eigenvalue weighted by atomic mass is 20.0. The number of aliphatic hydroxyl groups excluding tert-OH is 1. The van der Waals surface area contributed by atoms with Crippen LogP contribution in [0.25, 0.3) is 0 Å². The molecule has 112 valence electrons. The van der Waals surface area contributed by atoms with E-state index in [2.05, 4.69) is 0 Å². The predicted molar refractivity (Wildman–Crippen MR) is 39.9 cm³/mol. The molecule has 0 heterocycles. The highest BCUT2D eigenvalue weighted by molar-refractivity contribution is 5.69. The van der Waals surface area contributed by atoms with E-state index in [1.54, 1.807) is 6.92 Å². The maximum absolute atomic E-state index is 9.98. The first-order valence-electron chi connectivity index (χ1n) is 3.09. The minimum Gasteiger partial charge on any atom is -0.481 e. The van der Waals surface area contributed by atoms with Gasteiger partial charge in [-0.2, -0.15) is 0 Å². The summed E-state index contributed by atoms with van der Waals surface area (Å²) < 4.78 is 64.0. The minimum absolute atomic E-state index is 0. The topological polar surface area (TPSA) is 57.5 Å². The van der Waals surface area contributed by atoms with Crippen LogP contribution in [0.5, 0.6) is 0 Å². The van der Waals surface area contributed by atoms with Gasteiger partial charge in [0.1, 0.15) is 0 Å². The maximum atomic E-state index is 9.98. The molecular weight excluding hydrogens is 279 g/mol. The first-order valence-corrected chi connectivity index (χ1v) is 3.09. The van der Waals surface area contributed by atoms with E-state index >= 15 is 0 Å².